The Morgan fingerprint density at radius 2 is 2.39 bits per heavy atom. The second-order valence-electron chi connectivity index (χ2n) is 3.86. The molecule has 8 nitrogen and oxygen atoms in total. The number of aromatic nitrogens is 2. The molecule has 2 rings (SSSR count). The number of nitrogens with zero attached hydrogens (tertiary/aromatic N) is 4. The molecule has 0 spiro atoms. The molecule has 2 amide bonds. The van der Waals surface area contributed by atoms with E-state index < -0.39 is 15.9 Å². The Morgan fingerprint density at radius 3 is 3.00 bits per heavy atom. The van der Waals surface area contributed by atoms with Crippen LogP contribution in [0.15, 0.2) is 12.5 Å². The van der Waals surface area contributed by atoms with Gasteiger partial charge in [0, 0.05) is 0 Å². The highest BCUT2D eigenvalue weighted by Gasteiger charge is 2.35. The van der Waals surface area contributed by atoms with Crippen molar-refractivity contribution in [2.45, 2.75) is 13.3 Å². The molecule has 0 aliphatic carbocycles. The summed E-state index contributed by atoms with van der Waals surface area (Å²) >= 11 is 0. The minimum Gasteiger partial charge on any atom is -0.351 e. The predicted octanol–water partition coefficient (Wildman–Crippen LogP) is 0.511. The van der Waals surface area contributed by atoms with E-state index in [-0.39, 0.29) is 12.4 Å². The summed E-state index contributed by atoms with van der Waals surface area (Å²) in [4.78, 5) is 20.3. The number of hydrogen-bond acceptors (Lipinski definition) is 5. The van der Waals surface area contributed by atoms with E-state index in [1.165, 1.54) is 21.7 Å². The maximum absolute atomic E-state index is 12.3. The lowest BCUT2D eigenvalue weighted by molar-refractivity contribution is 0.254. The van der Waals surface area contributed by atoms with E-state index in [9.17, 15) is 9.00 Å². The standard InChI is InChI=1S/C9H14N6O2S/c1-2-3-18(11,17)15-6-14(9(10)16)7-4-12-5-13-8(7)15/h4-5,11H,2-3,6H2,1H3,(H2,10,16). The number of fused-ring (bicyclic) bond motifs is 1. The van der Waals surface area contributed by atoms with E-state index in [0.717, 1.165) is 0 Å². The molecule has 1 atom stereocenters. The van der Waals surface area contributed by atoms with Gasteiger partial charge in [0.2, 0.25) is 0 Å². The fourth-order valence-corrected chi connectivity index (χ4v) is 3.27. The van der Waals surface area contributed by atoms with Gasteiger partial charge in [0.1, 0.15) is 28.6 Å². The summed E-state index contributed by atoms with van der Waals surface area (Å²) < 4.78 is 21.5. The van der Waals surface area contributed by atoms with E-state index in [4.69, 9.17) is 10.5 Å². The van der Waals surface area contributed by atoms with Crippen molar-refractivity contribution in [1.82, 2.24) is 9.97 Å². The molecule has 18 heavy (non-hydrogen) atoms. The molecule has 0 bridgehead atoms. The van der Waals surface area contributed by atoms with Crippen LogP contribution in [0.5, 0.6) is 0 Å². The lowest BCUT2D eigenvalue weighted by atomic mass is 10.5. The highest BCUT2D eigenvalue weighted by Crippen LogP contribution is 2.34. The smallest absolute Gasteiger partial charge is 0.320 e. The normalized spacial score (nSPS) is 17.4. The Balaban J connectivity index is 2.46. The van der Waals surface area contributed by atoms with Gasteiger partial charge in [-0.1, -0.05) is 6.92 Å². The van der Waals surface area contributed by atoms with E-state index in [2.05, 4.69) is 9.97 Å². The van der Waals surface area contributed by atoms with Crippen molar-refractivity contribution in [2.75, 3.05) is 21.6 Å². The monoisotopic (exact) mass is 270 g/mol. The number of amides is 2. The van der Waals surface area contributed by atoms with Crippen LogP contribution in [0.2, 0.25) is 0 Å². The molecule has 0 radical (unpaired) electrons. The summed E-state index contributed by atoms with van der Waals surface area (Å²) in [5.74, 6) is 0.528. The van der Waals surface area contributed by atoms with E-state index in [0.29, 0.717) is 17.9 Å². The van der Waals surface area contributed by atoms with Gasteiger partial charge in [0.15, 0.2) is 5.82 Å². The van der Waals surface area contributed by atoms with Crippen LogP contribution < -0.4 is 14.9 Å². The van der Waals surface area contributed by atoms with E-state index in [1.54, 1.807) is 0 Å². The first-order valence-electron chi connectivity index (χ1n) is 5.38. The van der Waals surface area contributed by atoms with Gasteiger partial charge in [-0.05, 0) is 6.42 Å². The van der Waals surface area contributed by atoms with Gasteiger partial charge in [0.05, 0.1) is 11.9 Å². The molecule has 2 heterocycles. The van der Waals surface area contributed by atoms with Gasteiger partial charge in [-0.3, -0.25) is 4.90 Å². The van der Waals surface area contributed by atoms with Crippen LogP contribution in [0, 0.1) is 4.78 Å². The number of rotatable bonds is 3. The van der Waals surface area contributed by atoms with Crippen LogP contribution >= 0.6 is 0 Å². The number of nitrogens with two attached hydrogens (primary N) is 1. The highest BCUT2D eigenvalue weighted by atomic mass is 32.2. The van der Waals surface area contributed by atoms with Crippen LogP contribution in [-0.4, -0.2) is 32.6 Å². The molecule has 0 aromatic carbocycles. The summed E-state index contributed by atoms with van der Waals surface area (Å²) in [6, 6.07) is -0.680. The Kier molecular flexibility index (Phi) is 3.07. The largest absolute Gasteiger partial charge is 0.351 e. The van der Waals surface area contributed by atoms with Crippen molar-refractivity contribution in [3.8, 4) is 0 Å². The van der Waals surface area contributed by atoms with Gasteiger partial charge in [0.25, 0.3) is 0 Å². The molecule has 1 unspecified atom stereocenters. The zero-order valence-corrected chi connectivity index (χ0v) is 10.7. The number of carbonyl (C=O) groups excluding carboxylic acids is 1. The van der Waals surface area contributed by atoms with Crippen molar-refractivity contribution in [3.05, 3.63) is 12.5 Å². The molecule has 1 aliphatic heterocycles. The van der Waals surface area contributed by atoms with Crippen molar-refractivity contribution in [1.29, 1.82) is 4.78 Å². The summed E-state index contributed by atoms with van der Waals surface area (Å²) in [5, 5.41) is 0. The minimum atomic E-state index is -3.00. The Hall–Kier alpha value is -1.90. The molecule has 0 saturated carbocycles. The maximum Gasteiger partial charge on any atom is 0.320 e. The average Bonchev–Trinajstić information content (AvgIpc) is 2.69. The van der Waals surface area contributed by atoms with Gasteiger partial charge in [-0.25, -0.2) is 28.1 Å². The molecule has 0 saturated heterocycles. The summed E-state index contributed by atoms with van der Waals surface area (Å²) in [7, 11) is -3.00. The zero-order chi connectivity index (χ0) is 13.3. The van der Waals surface area contributed by atoms with Crippen molar-refractivity contribution >= 4 is 27.5 Å². The van der Waals surface area contributed by atoms with E-state index >= 15 is 0 Å². The summed E-state index contributed by atoms with van der Waals surface area (Å²) in [6.07, 6.45) is 3.32. The third kappa shape index (κ3) is 1.96. The zero-order valence-electron chi connectivity index (χ0n) is 9.87. The first kappa shape index (κ1) is 12.6. The molecule has 0 fully saturated rings. The van der Waals surface area contributed by atoms with Crippen LogP contribution in [-0.2, 0) is 9.92 Å². The SMILES string of the molecule is CCCS(=N)(=O)N1CN(C(N)=O)c2cncnc21. The van der Waals surface area contributed by atoms with Gasteiger partial charge in [-0.15, -0.1) is 0 Å². The number of primary amides is 1. The number of urea groups is 1. The van der Waals surface area contributed by atoms with Crippen LogP contribution in [0.1, 0.15) is 13.3 Å². The molecule has 1 aromatic rings. The summed E-state index contributed by atoms with van der Waals surface area (Å²) in [5.41, 5.74) is 5.63. The fourth-order valence-electron chi connectivity index (χ4n) is 1.78. The molecule has 1 aromatic heterocycles. The van der Waals surface area contributed by atoms with Crippen molar-refractivity contribution in [3.63, 3.8) is 0 Å². The van der Waals surface area contributed by atoms with Gasteiger partial charge in [-0.2, -0.15) is 0 Å². The Labute approximate surface area is 105 Å². The lowest BCUT2D eigenvalue weighted by Gasteiger charge is -2.20. The maximum atomic E-state index is 12.3. The topological polar surface area (TPSA) is 116 Å². The van der Waals surface area contributed by atoms with Crippen molar-refractivity contribution in [2.24, 2.45) is 5.73 Å². The average molecular weight is 270 g/mol. The van der Waals surface area contributed by atoms with Crippen LogP contribution in [0.25, 0.3) is 0 Å². The third-order valence-corrected chi connectivity index (χ3v) is 4.53. The highest BCUT2D eigenvalue weighted by molar-refractivity contribution is 7.93. The second-order valence-corrected chi connectivity index (χ2v) is 5.99. The first-order chi connectivity index (χ1) is 8.47. The molecule has 9 heteroatoms. The quantitative estimate of drug-likeness (QED) is 0.832. The number of hydrogen-bond donors (Lipinski definition) is 2. The molecular formula is C9H14N6O2S. The molecule has 3 N–H and O–H groups in total. The van der Waals surface area contributed by atoms with Crippen LogP contribution in [0.3, 0.4) is 0 Å². The first-order valence-corrected chi connectivity index (χ1v) is 7.07. The molecule has 98 valence electrons. The Morgan fingerprint density at radius 1 is 1.67 bits per heavy atom. The van der Waals surface area contributed by atoms with Gasteiger partial charge >= 0.3 is 6.03 Å². The number of nitrogens with one attached hydrogen (secondary N) is 1. The van der Waals surface area contributed by atoms with Crippen molar-refractivity contribution < 1.29 is 9.00 Å². The molecule has 1 aliphatic rings. The molecular weight excluding hydrogens is 256 g/mol. The van der Waals surface area contributed by atoms with Crippen LogP contribution in [0.4, 0.5) is 16.3 Å². The summed E-state index contributed by atoms with van der Waals surface area (Å²) in [6.45, 7) is 1.82. The minimum absolute atomic E-state index is 0.0221. The second kappa shape index (κ2) is 4.41. The Bertz CT molecular complexity index is 572. The van der Waals surface area contributed by atoms with Gasteiger partial charge < -0.3 is 5.73 Å². The fraction of sp³-hybridized carbons (Fsp3) is 0.444. The number of carbonyl (C=O) groups is 1. The lowest BCUT2D eigenvalue weighted by Crippen LogP contribution is -2.41. The van der Waals surface area contributed by atoms with E-state index in [1.807, 2.05) is 6.92 Å². The number of anilines is 2. The third-order valence-electron chi connectivity index (χ3n) is 2.57. The predicted molar refractivity (Wildman–Crippen MR) is 67.5 cm³/mol.